The summed E-state index contributed by atoms with van der Waals surface area (Å²) in [6.45, 7) is 2.25. The zero-order valence-corrected chi connectivity index (χ0v) is 14.3. The molecule has 5 nitrogen and oxygen atoms in total. The standard InChI is InChI=1S/C17H21FN2O3S/c1-2-3-4-15(16(22)23)24-17-19-14(11-21)10-20(17)9-12-5-7-13(18)8-6-12/h5-8,10,15,21H,2-4,9,11H2,1H3,(H,22,23)/t15-/m0/s1. The largest absolute Gasteiger partial charge is 0.480 e. The van der Waals surface area contributed by atoms with Gasteiger partial charge in [-0.2, -0.15) is 0 Å². The van der Waals surface area contributed by atoms with Crippen LogP contribution in [0, 0.1) is 5.82 Å². The highest BCUT2D eigenvalue weighted by atomic mass is 32.2. The molecule has 2 rings (SSSR count). The fourth-order valence-corrected chi connectivity index (χ4v) is 3.33. The minimum atomic E-state index is -0.865. The average Bonchev–Trinajstić information content (AvgIpc) is 2.95. The maximum absolute atomic E-state index is 13.0. The van der Waals surface area contributed by atoms with Crippen molar-refractivity contribution in [1.82, 2.24) is 9.55 Å². The second-order valence-corrected chi connectivity index (χ2v) is 6.68. The van der Waals surface area contributed by atoms with Gasteiger partial charge < -0.3 is 14.8 Å². The molecule has 24 heavy (non-hydrogen) atoms. The highest BCUT2D eigenvalue weighted by Crippen LogP contribution is 2.27. The van der Waals surface area contributed by atoms with Crippen molar-refractivity contribution in [2.75, 3.05) is 0 Å². The van der Waals surface area contributed by atoms with Gasteiger partial charge in [-0.25, -0.2) is 9.37 Å². The molecule has 7 heteroatoms. The summed E-state index contributed by atoms with van der Waals surface area (Å²) in [6, 6.07) is 6.11. The summed E-state index contributed by atoms with van der Waals surface area (Å²) in [6.07, 6.45) is 4.02. The number of carboxylic acid groups (broad SMARTS) is 1. The first-order valence-corrected chi connectivity index (χ1v) is 8.72. The van der Waals surface area contributed by atoms with Crippen LogP contribution in [0.2, 0.25) is 0 Å². The molecule has 2 N–H and O–H groups in total. The van der Waals surface area contributed by atoms with E-state index < -0.39 is 11.2 Å². The van der Waals surface area contributed by atoms with Gasteiger partial charge in [-0.05, 0) is 24.1 Å². The molecule has 130 valence electrons. The summed E-state index contributed by atoms with van der Waals surface area (Å²) >= 11 is 1.19. The van der Waals surface area contributed by atoms with Gasteiger partial charge in [0, 0.05) is 12.7 Å². The highest BCUT2D eigenvalue weighted by Gasteiger charge is 2.21. The van der Waals surface area contributed by atoms with E-state index in [1.165, 1.54) is 23.9 Å². The van der Waals surface area contributed by atoms with Crippen LogP contribution in [0.3, 0.4) is 0 Å². The Kier molecular flexibility index (Phi) is 6.81. The summed E-state index contributed by atoms with van der Waals surface area (Å²) in [5, 5.41) is 18.7. The van der Waals surface area contributed by atoms with Crippen LogP contribution in [0.5, 0.6) is 0 Å². The molecule has 0 bridgehead atoms. The summed E-state index contributed by atoms with van der Waals surface area (Å²) in [7, 11) is 0. The average molecular weight is 352 g/mol. The van der Waals surface area contributed by atoms with Crippen LogP contribution in [0.1, 0.15) is 37.4 Å². The maximum Gasteiger partial charge on any atom is 0.317 e. The van der Waals surface area contributed by atoms with Gasteiger partial charge in [-0.1, -0.05) is 43.7 Å². The normalized spacial score (nSPS) is 12.3. The molecule has 0 aliphatic heterocycles. The van der Waals surface area contributed by atoms with Gasteiger partial charge in [-0.15, -0.1) is 0 Å². The number of benzene rings is 1. The number of unbranched alkanes of at least 4 members (excludes halogenated alkanes) is 1. The van der Waals surface area contributed by atoms with E-state index in [1.807, 2.05) is 6.92 Å². The number of aliphatic carboxylic acids is 1. The molecule has 0 fully saturated rings. The zero-order valence-electron chi connectivity index (χ0n) is 13.5. The van der Waals surface area contributed by atoms with Crippen molar-refractivity contribution in [2.24, 2.45) is 0 Å². The predicted octanol–water partition coefficient (Wildman–Crippen LogP) is 3.30. The van der Waals surface area contributed by atoms with Crippen LogP contribution in [0.4, 0.5) is 4.39 Å². The van der Waals surface area contributed by atoms with Crippen molar-refractivity contribution in [3.63, 3.8) is 0 Å². The molecule has 1 atom stereocenters. The fourth-order valence-electron chi connectivity index (χ4n) is 2.27. The zero-order chi connectivity index (χ0) is 17.5. The number of thioether (sulfide) groups is 1. The number of halogens is 1. The second kappa shape index (κ2) is 8.84. The van der Waals surface area contributed by atoms with Crippen molar-refractivity contribution in [2.45, 2.75) is 49.7 Å². The van der Waals surface area contributed by atoms with Crippen LogP contribution in [-0.2, 0) is 17.9 Å². The Morgan fingerprint density at radius 2 is 2.08 bits per heavy atom. The van der Waals surface area contributed by atoms with E-state index in [0.717, 1.165) is 18.4 Å². The van der Waals surface area contributed by atoms with Crippen molar-refractivity contribution >= 4 is 17.7 Å². The lowest BCUT2D eigenvalue weighted by atomic mass is 10.2. The SMILES string of the molecule is CCCC[C@H](Sc1nc(CO)cn1Cc1ccc(F)cc1)C(=O)O. The fraction of sp³-hybridized carbons (Fsp3) is 0.412. The summed E-state index contributed by atoms with van der Waals surface area (Å²) in [4.78, 5) is 15.8. The van der Waals surface area contributed by atoms with Gasteiger partial charge >= 0.3 is 5.97 Å². The molecule has 0 unspecified atom stereocenters. The number of aliphatic hydroxyl groups excluding tert-OH is 1. The third-order valence-electron chi connectivity index (χ3n) is 3.56. The lowest BCUT2D eigenvalue weighted by molar-refractivity contribution is -0.136. The monoisotopic (exact) mass is 352 g/mol. The number of hydrogen-bond acceptors (Lipinski definition) is 4. The molecule has 0 spiro atoms. The Labute approximate surface area is 144 Å². The molecule has 0 amide bonds. The van der Waals surface area contributed by atoms with E-state index >= 15 is 0 Å². The lowest BCUT2D eigenvalue weighted by Crippen LogP contribution is -2.17. The van der Waals surface area contributed by atoms with E-state index in [4.69, 9.17) is 0 Å². The van der Waals surface area contributed by atoms with Gasteiger partial charge in [0.2, 0.25) is 0 Å². The Morgan fingerprint density at radius 1 is 1.38 bits per heavy atom. The van der Waals surface area contributed by atoms with Crippen molar-refractivity contribution < 1.29 is 19.4 Å². The topological polar surface area (TPSA) is 75.4 Å². The van der Waals surface area contributed by atoms with Crippen molar-refractivity contribution in [3.05, 3.63) is 47.5 Å². The molecule has 0 saturated carbocycles. The van der Waals surface area contributed by atoms with Crippen molar-refractivity contribution in [1.29, 1.82) is 0 Å². The van der Waals surface area contributed by atoms with Crippen LogP contribution >= 0.6 is 11.8 Å². The molecular weight excluding hydrogens is 331 g/mol. The quantitative estimate of drug-likeness (QED) is 0.677. The third-order valence-corrected chi connectivity index (χ3v) is 4.82. The van der Waals surface area contributed by atoms with Gasteiger partial charge in [0.25, 0.3) is 0 Å². The summed E-state index contributed by atoms with van der Waals surface area (Å²) < 4.78 is 14.8. The van der Waals surface area contributed by atoms with Gasteiger partial charge in [-0.3, -0.25) is 4.79 Å². The third kappa shape index (κ3) is 5.07. The Balaban J connectivity index is 2.20. The molecular formula is C17H21FN2O3S. The Hall–Kier alpha value is -1.86. The molecule has 1 aromatic heterocycles. The number of carbonyl (C=O) groups is 1. The van der Waals surface area contributed by atoms with Gasteiger partial charge in [0.05, 0.1) is 12.3 Å². The minimum Gasteiger partial charge on any atom is -0.480 e. The molecule has 1 aromatic carbocycles. The van der Waals surface area contributed by atoms with E-state index in [9.17, 15) is 19.4 Å². The van der Waals surface area contributed by atoms with Crippen LogP contribution < -0.4 is 0 Å². The summed E-state index contributed by atoms with van der Waals surface area (Å²) in [5.41, 5.74) is 1.36. The molecule has 0 saturated heterocycles. The molecule has 0 aliphatic rings. The number of imidazole rings is 1. The number of nitrogens with zero attached hydrogens (tertiary/aromatic N) is 2. The Morgan fingerprint density at radius 3 is 2.67 bits per heavy atom. The van der Waals surface area contributed by atoms with E-state index in [2.05, 4.69) is 4.98 Å². The van der Waals surface area contributed by atoms with E-state index in [1.54, 1.807) is 22.9 Å². The molecule has 0 radical (unpaired) electrons. The van der Waals surface area contributed by atoms with E-state index in [0.29, 0.717) is 23.8 Å². The number of rotatable bonds is 9. The summed E-state index contributed by atoms with van der Waals surface area (Å²) in [5.74, 6) is -1.17. The van der Waals surface area contributed by atoms with Gasteiger partial charge in [0.15, 0.2) is 5.16 Å². The highest BCUT2D eigenvalue weighted by molar-refractivity contribution is 8.00. The van der Waals surface area contributed by atoms with Crippen LogP contribution in [-0.4, -0.2) is 31.0 Å². The maximum atomic E-state index is 13.0. The number of carboxylic acids is 1. The van der Waals surface area contributed by atoms with Crippen LogP contribution in [0.15, 0.2) is 35.6 Å². The smallest absolute Gasteiger partial charge is 0.317 e. The van der Waals surface area contributed by atoms with Crippen molar-refractivity contribution in [3.8, 4) is 0 Å². The minimum absolute atomic E-state index is 0.212. The predicted molar refractivity (Wildman–Crippen MR) is 90.5 cm³/mol. The number of aromatic nitrogens is 2. The van der Waals surface area contributed by atoms with Crippen LogP contribution in [0.25, 0.3) is 0 Å². The first kappa shape index (κ1) is 18.5. The second-order valence-electron chi connectivity index (χ2n) is 5.51. The molecule has 0 aliphatic carbocycles. The molecule has 2 aromatic rings. The first-order chi connectivity index (χ1) is 11.5. The molecule has 1 heterocycles. The first-order valence-electron chi connectivity index (χ1n) is 7.84. The number of aliphatic hydroxyl groups is 1. The lowest BCUT2D eigenvalue weighted by Gasteiger charge is -2.13. The Bertz CT molecular complexity index is 673. The van der Waals surface area contributed by atoms with Gasteiger partial charge in [0.1, 0.15) is 11.1 Å². The number of hydrogen-bond donors (Lipinski definition) is 2. The van der Waals surface area contributed by atoms with E-state index in [-0.39, 0.29) is 12.4 Å².